The fraction of sp³-hybridized carbons (Fsp3) is 0.400. The molecule has 0 unspecified atom stereocenters. The molecule has 0 aliphatic heterocycles. The molecule has 0 aliphatic rings. The summed E-state index contributed by atoms with van der Waals surface area (Å²) in [5.41, 5.74) is 1.19. The van der Waals surface area contributed by atoms with Crippen LogP contribution in [0.15, 0.2) is 47.2 Å². The van der Waals surface area contributed by atoms with E-state index in [1.54, 1.807) is 4.90 Å². The zero-order valence-corrected chi connectivity index (χ0v) is 16.4. The van der Waals surface area contributed by atoms with E-state index in [-0.39, 0.29) is 12.5 Å². The van der Waals surface area contributed by atoms with Crippen LogP contribution >= 0.6 is 11.3 Å². The normalized spacial score (nSPS) is 12.3. The molecule has 140 valence electrons. The average molecular weight is 375 g/mol. The molecule has 1 amide bonds. The number of carbonyl (C=O) groups excluding carboxylic acids is 2. The highest BCUT2D eigenvalue weighted by molar-refractivity contribution is 7.08. The Bertz CT molecular complexity index is 707. The van der Waals surface area contributed by atoms with E-state index in [4.69, 9.17) is 9.47 Å². The third-order valence-corrected chi connectivity index (χ3v) is 4.40. The molecule has 2 rings (SSSR count). The number of nitrogens with zero attached hydrogens (tertiary/aromatic N) is 1. The van der Waals surface area contributed by atoms with E-state index in [0.717, 1.165) is 11.1 Å². The van der Waals surface area contributed by atoms with Crippen LogP contribution in [0.25, 0.3) is 0 Å². The van der Waals surface area contributed by atoms with Gasteiger partial charge in [-0.1, -0.05) is 30.3 Å². The summed E-state index contributed by atoms with van der Waals surface area (Å²) in [7, 11) is 1.36. The fourth-order valence-electron chi connectivity index (χ4n) is 2.49. The van der Waals surface area contributed by atoms with Gasteiger partial charge in [0, 0.05) is 13.1 Å². The first-order valence-electron chi connectivity index (χ1n) is 8.42. The summed E-state index contributed by atoms with van der Waals surface area (Å²) in [6, 6.07) is 11.5. The van der Waals surface area contributed by atoms with Gasteiger partial charge in [-0.15, -0.1) is 0 Å². The lowest BCUT2D eigenvalue weighted by Crippen LogP contribution is -2.40. The zero-order valence-electron chi connectivity index (χ0n) is 15.6. The van der Waals surface area contributed by atoms with Crippen molar-refractivity contribution in [1.29, 1.82) is 0 Å². The van der Waals surface area contributed by atoms with Crippen molar-refractivity contribution in [2.45, 2.75) is 38.8 Å². The Morgan fingerprint density at radius 3 is 2.38 bits per heavy atom. The van der Waals surface area contributed by atoms with Crippen molar-refractivity contribution < 1.29 is 19.1 Å². The highest BCUT2D eigenvalue weighted by Crippen LogP contribution is 2.24. The summed E-state index contributed by atoms with van der Waals surface area (Å²) >= 11 is 1.50. The van der Waals surface area contributed by atoms with Crippen LogP contribution in [0.5, 0.6) is 0 Å². The molecule has 1 aromatic heterocycles. The predicted molar refractivity (Wildman–Crippen MR) is 102 cm³/mol. The van der Waals surface area contributed by atoms with Crippen LogP contribution < -0.4 is 0 Å². The maximum absolute atomic E-state index is 12.7. The Labute approximate surface area is 158 Å². The van der Waals surface area contributed by atoms with Gasteiger partial charge in [0.2, 0.25) is 0 Å². The van der Waals surface area contributed by atoms with Gasteiger partial charge in [-0.2, -0.15) is 11.3 Å². The zero-order chi connectivity index (χ0) is 19.2. The Hall–Kier alpha value is -2.34. The Morgan fingerprint density at radius 1 is 1.15 bits per heavy atom. The monoisotopic (exact) mass is 375 g/mol. The Kier molecular flexibility index (Phi) is 6.80. The predicted octanol–water partition coefficient (Wildman–Crippen LogP) is 4.44. The van der Waals surface area contributed by atoms with E-state index in [1.807, 2.05) is 67.9 Å². The molecule has 0 saturated carbocycles. The number of benzene rings is 1. The van der Waals surface area contributed by atoms with Gasteiger partial charge in [-0.05, 0) is 48.7 Å². The van der Waals surface area contributed by atoms with Crippen molar-refractivity contribution in [2.24, 2.45) is 0 Å². The molecule has 1 aromatic carbocycles. The van der Waals surface area contributed by atoms with Gasteiger partial charge in [0.15, 0.2) is 0 Å². The lowest BCUT2D eigenvalue weighted by molar-refractivity contribution is -0.142. The van der Waals surface area contributed by atoms with Crippen molar-refractivity contribution in [3.05, 3.63) is 58.3 Å². The van der Waals surface area contributed by atoms with E-state index in [9.17, 15) is 9.59 Å². The molecule has 0 fully saturated rings. The fourth-order valence-corrected chi connectivity index (χ4v) is 3.20. The van der Waals surface area contributed by atoms with Gasteiger partial charge >= 0.3 is 12.1 Å². The lowest BCUT2D eigenvalue weighted by atomic mass is 10.0. The van der Waals surface area contributed by atoms with Gasteiger partial charge in [-0.25, -0.2) is 4.79 Å². The SMILES string of the molecule is COC(=O)[C@H](CN(Cc1ccccc1)C(=O)OC(C)(C)C)c1ccsc1. The standard InChI is InChI=1S/C20H25NO4S/c1-20(2,3)25-19(23)21(12-15-8-6-5-7-9-15)13-17(18(22)24-4)16-10-11-26-14-16/h5-11,14,17H,12-13H2,1-4H3/t17-/m1/s1. The maximum atomic E-state index is 12.7. The summed E-state index contributed by atoms with van der Waals surface area (Å²) in [4.78, 5) is 26.6. The van der Waals surface area contributed by atoms with E-state index in [1.165, 1.54) is 18.4 Å². The van der Waals surface area contributed by atoms with Crippen LogP contribution in [-0.4, -0.2) is 36.2 Å². The molecule has 2 aromatic rings. The molecule has 26 heavy (non-hydrogen) atoms. The van der Waals surface area contributed by atoms with Gasteiger partial charge < -0.3 is 14.4 Å². The van der Waals surface area contributed by atoms with Crippen molar-refractivity contribution in [1.82, 2.24) is 4.90 Å². The van der Waals surface area contributed by atoms with Crippen molar-refractivity contribution in [2.75, 3.05) is 13.7 Å². The van der Waals surface area contributed by atoms with Crippen LogP contribution in [-0.2, 0) is 20.8 Å². The topological polar surface area (TPSA) is 55.8 Å². The van der Waals surface area contributed by atoms with Gasteiger partial charge in [0.1, 0.15) is 11.5 Å². The molecule has 0 spiro atoms. The highest BCUT2D eigenvalue weighted by atomic mass is 32.1. The first-order valence-corrected chi connectivity index (χ1v) is 9.36. The summed E-state index contributed by atoms with van der Waals surface area (Å²) in [6.07, 6.45) is -0.453. The number of amides is 1. The van der Waals surface area contributed by atoms with Crippen LogP contribution in [0, 0.1) is 0 Å². The van der Waals surface area contributed by atoms with Crippen LogP contribution in [0.3, 0.4) is 0 Å². The van der Waals surface area contributed by atoms with Crippen molar-refractivity contribution in [3.8, 4) is 0 Å². The van der Waals surface area contributed by atoms with Gasteiger partial charge in [-0.3, -0.25) is 4.79 Å². The first kappa shape index (κ1) is 20.0. The average Bonchev–Trinajstić information content (AvgIpc) is 3.11. The second kappa shape index (κ2) is 8.85. The van der Waals surface area contributed by atoms with Gasteiger partial charge in [0.05, 0.1) is 7.11 Å². The number of ether oxygens (including phenoxy) is 2. The number of hydrogen-bond donors (Lipinski definition) is 0. The summed E-state index contributed by atoms with van der Waals surface area (Å²) in [5, 5.41) is 3.80. The summed E-state index contributed by atoms with van der Waals surface area (Å²) in [5.74, 6) is -0.924. The molecule has 0 radical (unpaired) electrons. The molecule has 5 nitrogen and oxygen atoms in total. The van der Waals surface area contributed by atoms with Crippen LogP contribution in [0.4, 0.5) is 4.79 Å². The van der Waals surface area contributed by atoms with Crippen LogP contribution in [0.1, 0.15) is 37.8 Å². The molecule has 1 heterocycles. The van der Waals surface area contributed by atoms with Crippen LogP contribution in [0.2, 0.25) is 0 Å². The van der Waals surface area contributed by atoms with E-state index in [2.05, 4.69) is 0 Å². The molecular weight excluding hydrogens is 350 g/mol. The summed E-state index contributed by atoms with van der Waals surface area (Å²) < 4.78 is 10.5. The smallest absolute Gasteiger partial charge is 0.410 e. The maximum Gasteiger partial charge on any atom is 0.410 e. The third kappa shape index (κ3) is 5.88. The number of esters is 1. The minimum absolute atomic E-state index is 0.188. The minimum atomic E-state index is -0.616. The second-order valence-electron chi connectivity index (χ2n) is 6.98. The van der Waals surface area contributed by atoms with Crippen molar-refractivity contribution in [3.63, 3.8) is 0 Å². The molecule has 0 saturated heterocycles. The Morgan fingerprint density at radius 2 is 1.85 bits per heavy atom. The number of hydrogen-bond acceptors (Lipinski definition) is 5. The molecule has 0 aliphatic carbocycles. The number of thiophene rings is 1. The molecule has 0 N–H and O–H groups in total. The number of methoxy groups -OCH3 is 1. The number of rotatable bonds is 6. The largest absolute Gasteiger partial charge is 0.468 e. The van der Waals surface area contributed by atoms with E-state index in [0.29, 0.717) is 6.54 Å². The van der Waals surface area contributed by atoms with Crippen molar-refractivity contribution >= 4 is 23.4 Å². The second-order valence-corrected chi connectivity index (χ2v) is 7.76. The lowest BCUT2D eigenvalue weighted by Gasteiger charge is -2.29. The highest BCUT2D eigenvalue weighted by Gasteiger charge is 2.30. The van der Waals surface area contributed by atoms with E-state index >= 15 is 0 Å². The Balaban J connectivity index is 2.26. The summed E-state index contributed by atoms with van der Waals surface area (Å²) in [6.45, 7) is 6.01. The molecule has 6 heteroatoms. The molecule has 1 atom stereocenters. The van der Waals surface area contributed by atoms with E-state index < -0.39 is 17.6 Å². The number of carbonyl (C=O) groups is 2. The molecule has 0 bridgehead atoms. The van der Waals surface area contributed by atoms with Gasteiger partial charge in [0.25, 0.3) is 0 Å². The quantitative estimate of drug-likeness (QED) is 0.700. The third-order valence-electron chi connectivity index (χ3n) is 3.70. The first-order chi connectivity index (χ1) is 12.3. The molecular formula is C20H25NO4S. The minimum Gasteiger partial charge on any atom is -0.468 e.